The number of halogens is 1. The van der Waals surface area contributed by atoms with Crippen molar-refractivity contribution in [2.24, 2.45) is 0 Å². The van der Waals surface area contributed by atoms with Crippen molar-refractivity contribution in [3.63, 3.8) is 0 Å². The van der Waals surface area contributed by atoms with Gasteiger partial charge in [0.15, 0.2) is 0 Å². The van der Waals surface area contributed by atoms with Gasteiger partial charge in [0.05, 0.1) is 12.2 Å². The van der Waals surface area contributed by atoms with Gasteiger partial charge in [-0.1, -0.05) is 23.7 Å². The Morgan fingerprint density at radius 3 is 2.44 bits per heavy atom. The van der Waals surface area contributed by atoms with Gasteiger partial charge in [-0.3, -0.25) is 4.90 Å². The first-order valence-corrected chi connectivity index (χ1v) is 7.22. The zero-order valence-corrected chi connectivity index (χ0v) is 11.6. The summed E-state index contributed by atoms with van der Waals surface area (Å²) >= 11 is 5.92. The lowest BCUT2D eigenvalue weighted by Gasteiger charge is -2.36. The van der Waals surface area contributed by atoms with Gasteiger partial charge in [0.1, 0.15) is 0 Å². The molecule has 0 radical (unpaired) electrons. The molecule has 3 atom stereocenters. The number of hydrogen-bond acceptors (Lipinski definition) is 2. The van der Waals surface area contributed by atoms with Crippen LogP contribution in [0.2, 0.25) is 5.02 Å². The van der Waals surface area contributed by atoms with Crippen molar-refractivity contribution in [3.05, 3.63) is 34.9 Å². The van der Waals surface area contributed by atoms with Crippen molar-refractivity contribution in [2.75, 3.05) is 13.1 Å². The number of hydrogen-bond donors (Lipinski definition) is 0. The summed E-state index contributed by atoms with van der Waals surface area (Å²) in [5.41, 5.74) is 1.37. The fourth-order valence-corrected chi connectivity index (χ4v) is 3.22. The number of benzene rings is 1. The Hall–Kier alpha value is -0.570. The Bertz CT molecular complexity index is 393. The minimum atomic E-state index is 0.483. The maximum absolute atomic E-state index is 5.92. The van der Waals surface area contributed by atoms with E-state index in [1.165, 1.54) is 18.4 Å². The summed E-state index contributed by atoms with van der Waals surface area (Å²) < 4.78 is 5.88. The zero-order valence-electron chi connectivity index (χ0n) is 10.8. The molecule has 98 valence electrons. The molecule has 3 rings (SSSR count). The number of nitrogens with zero attached hydrogens (tertiary/aromatic N) is 1. The maximum Gasteiger partial charge on any atom is 0.0707 e. The van der Waals surface area contributed by atoms with Crippen LogP contribution in [0.15, 0.2) is 24.3 Å². The third-order valence-electron chi connectivity index (χ3n) is 4.14. The molecule has 2 aliphatic rings. The van der Waals surface area contributed by atoms with Crippen LogP contribution in [-0.2, 0) is 11.2 Å². The second-order valence-corrected chi connectivity index (χ2v) is 6.03. The van der Waals surface area contributed by atoms with E-state index in [0.717, 1.165) is 24.5 Å². The third kappa shape index (κ3) is 2.71. The molecule has 0 amide bonds. The van der Waals surface area contributed by atoms with Gasteiger partial charge in [-0.05, 0) is 43.9 Å². The fourth-order valence-electron chi connectivity index (χ4n) is 3.10. The molecule has 2 aliphatic heterocycles. The molecule has 2 nitrogen and oxygen atoms in total. The first kappa shape index (κ1) is 12.5. The third-order valence-corrected chi connectivity index (χ3v) is 4.39. The molecular weight excluding hydrogens is 246 g/mol. The average molecular weight is 266 g/mol. The Balaban J connectivity index is 1.61. The van der Waals surface area contributed by atoms with Crippen LogP contribution in [0.25, 0.3) is 0 Å². The molecule has 0 N–H and O–H groups in total. The van der Waals surface area contributed by atoms with Gasteiger partial charge in [-0.15, -0.1) is 0 Å². The smallest absolute Gasteiger partial charge is 0.0707 e. The standard InChI is InChI=1S/C15H20ClNO/c1-11(8-12-2-4-13(16)5-3-12)17-9-14-6-7-15(10-17)18-14/h2-5,11,14-15H,6-10H2,1H3. The zero-order chi connectivity index (χ0) is 12.5. The normalized spacial score (nSPS) is 29.4. The van der Waals surface area contributed by atoms with Crippen LogP contribution in [0.1, 0.15) is 25.3 Å². The molecule has 3 heteroatoms. The summed E-state index contributed by atoms with van der Waals surface area (Å²) in [5.74, 6) is 0. The van der Waals surface area contributed by atoms with Crippen molar-refractivity contribution >= 4 is 11.6 Å². The average Bonchev–Trinajstić information content (AvgIpc) is 2.71. The van der Waals surface area contributed by atoms with Crippen molar-refractivity contribution < 1.29 is 4.74 Å². The van der Waals surface area contributed by atoms with E-state index in [1.54, 1.807) is 0 Å². The maximum atomic E-state index is 5.92. The van der Waals surface area contributed by atoms with Gasteiger partial charge in [-0.25, -0.2) is 0 Å². The largest absolute Gasteiger partial charge is 0.372 e. The van der Waals surface area contributed by atoms with Crippen LogP contribution in [0.3, 0.4) is 0 Å². The Kier molecular flexibility index (Phi) is 3.60. The van der Waals surface area contributed by atoms with E-state index in [4.69, 9.17) is 16.3 Å². The van der Waals surface area contributed by atoms with Gasteiger partial charge in [0, 0.05) is 24.2 Å². The van der Waals surface area contributed by atoms with Gasteiger partial charge >= 0.3 is 0 Å². The van der Waals surface area contributed by atoms with Crippen LogP contribution in [0.5, 0.6) is 0 Å². The monoisotopic (exact) mass is 265 g/mol. The molecule has 2 heterocycles. The predicted octanol–water partition coefficient (Wildman–Crippen LogP) is 3.13. The molecule has 1 aromatic rings. The summed E-state index contributed by atoms with van der Waals surface area (Å²) in [4.78, 5) is 2.58. The van der Waals surface area contributed by atoms with Crippen LogP contribution < -0.4 is 0 Å². The molecule has 0 aromatic heterocycles. The van der Waals surface area contributed by atoms with E-state index < -0.39 is 0 Å². The Labute approximate surface area is 114 Å². The van der Waals surface area contributed by atoms with Gasteiger partial charge in [0.2, 0.25) is 0 Å². The van der Waals surface area contributed by atoms with Gasteiger partial charge in [-0.2, -0.15) is 0 Å². The molecule has 2 bridgehead atoms. The second kappa shape index (κ2) is 5.20. The van der Waals surface area contributed by atoms with Crippen molar-refractivity contribution in [2.45, 2.75) is 44.4 Å². The summed E-state index contributed by atoms with van der Waals surface area (Å²) in [6.07, 6.45) is 4.55. The van der Waals surface area contributed by atoms with Crippen LogP contribution in [-0.4, -0.2) is 36.2 Å². The molecule has 2 saturated heterocycles. The molecule has 2 fully saturated rings. The van der Waals surface area contributed by atoms with Crippen LogP contribution >= 0.6 is 11.6 Å². The summed E-state index contributed by atoms with van der Waals surface area (Å²) in [7, 11) is 0. The highest BCUT2D eigenvalue weighted by Gasteiger charge is 2.35. The number of rotatable bonds is 3. The molecular formula is C15H20ClNO. The Morgan fingerprint density at radius 1 is 1.22 bits per heavy atom. The highest BCUT2D eigenvalue weighted by molar-refractivity contribution is 6.30. The van der Waals surface area contributed by atoms with E-state index in [0.29, 0.717) is 18.2 Å². The Morgan fingerprint density at radius 2 is 1.83 bits per heavy atom. The van der Waals surface area contributed by atoms with Crippen molar-refractivity contribution in [1.82, 2.24) is 4.90 Å². The molecule has 0 aliphatic carbocycles. The number of morpholine rings is 1. The lowest BCUT2D eigenvalue weighted by Crippen LogP contribution is -2.47. The SMILES string of the molecule is CC(Cc1ccc(Cl)cc1)N1CC2CCC(C1)O2. The first-order chi connectivity index (χ1) is 8.70. The summed E-state index contributed by atoms with van der Waals surface area (Å²) in [6, 6.07) is 8.80. The molecule has 0 spiro atoms. The highest BCUT2D eigenvalue weighted by atomic mass is 35.5. The fraction of sp³-hybridized carbons (Fsp3) is 0.600. The van der Waals surface area contributed by atoms with Crippen molar-refractivity contribution in [3.8, 4) is 0 Å². The number of ether oxygens (including phenoxy) is 1. The summed E-state index contributed by atoms with van der Waals surface area (Å²) in [5, 5.41) is 0.816. The van der Waals surface area contributed by atoms with Gasteiger partial charge in [0.25, 0.3) is 0 Å². The molecule has 3 unspecified atom stereocenters. The van der Waals surface area contributed by atoms with Crippen LogP contribution in [0, 0.1) is 0 Å². The lowest BCUT2D eigenvalue weighted by atomic mass is 10.1. The van der Waals surface area contributed by atoms with E-state index in [2.05, 4.69) is 24.0 Å². The molecule has 0 saturated carbocycles. The number of likely N-dealkylation sites (tertiary alicyclic amines) is 1. The minimum absolute atomic E-state index is 0.483. The van der Waals surface area contributed by atoms with Crippen LogP contribution in [0.4, 0.5) is 0 Å². The lowest BCUT2D eigenvalue weighted by molar-refractivity contribution is -0.0502. The quantitative estimate of drug-likeness (QED) is 0.833. The van der Waals surface area contributed by atoms with E-state index in [-0.39, 0.29) is 0 Å². The topological polar surface area (TPSA) is 12.5 Å². The van der Waals surface area contributed by atoms with E-state index in [9.17, 15) is 0 Å². The van der Waals surface area contributed by atoms with E-state index in [1.807, 2.05) is 12.1 Å². The highest BCUT2D eigenvalue weighted by Crippen LogP contribution is 2.28. The number of fused-ring (bicyclic) bond motifs is 2. The predicted molar refractivity (Wildman–Crippen MR) is 74.1 cm³/mol. The van der Waals surface area contributed by atoms with E-state index >= 15 is 0 Å². The summed E-state index contributed by atoms with van der Waals surface area (Å²) in [6.45, 7) is 4.52. The minimum Gasteiger partial charge on any atom is -0.372 e. The molecule has 1 aromatic carbocycles. The van der Waals surface area contributed by atoms with Crippen molar-refractivity contribution in [1.29, 1.82) is 0 Å². The molecule has 18 heavy (non-hydrogen) atoms. The van der Waals surface area contributed by atoms with Gasteiger partial charge < -0.3 is 4.74 Å². The first-order valence-electron chi connectivity index (χ1n) is 6.84. The second-order valence-electron chi connectivity index (χ2n) is 5.59.